The zero-order valence-corrected chi connectivity index (χ0v) is 11.9. The molecule has 2 fully saturated rings. The number of hydrogen-bond acceptors (Lipinski definition) is 4. The first-order chi connectivity index (χ1) is 9.22. The van der Waals surface area contributed by atoms with Crippen LogP contribution in [0.2, 0.25) is 0 Å². The average Bonchev–Trinajstić information content (AvgIpc) is 2.97. The molecule has 2 heterocycles. The molecule has 5 heteroatoms. The number of carboxylic acids is 1. The lowest BCUT2D eigenvalue weighted by Crippen LogP contribution is -2.28. The minimum atomic E-state index is -0.710. The van der Waals surface area contributed by atoms with Crippen LogP contribution in [0.1, 0.15) is 38.5 Å². The van der Waals surface area contributed by atoms with Gasteiger partial charge in [-0.05, 0) is 49.5 Å². The van der Waals surface area contributed by atoms with Crippen LogP contribution in [-0.2, 0) is 14.3 Å². The van der Waals surface area contributed by atoms with E-state index in [2.05, 4.69) is 0 Å². The van der Waals surface area contributed by atoms with Gasteiger partial charge in [-0.3, -0.25) is 4.79 Å². The number of aliphatic carboxylic acids is 1. The van der Waals surface area contributed by atoms with Crippen LogP contribution in [-0.4, -0.2) is 41.1 Å². The van der Waals surface area contributed by atoms with Gasteiger partial charge in [0.15, 0.2) is 0 Å². The molecular formula is C14H22O4S. The van der Waals surface area contributed by atoms with Crippen molar-refractivity contribution < 1.29 is 19.4 Å². The summed E-state index contributed by atoms with van der Waals surface area (Å²) in [7, 11) is 0. The van der Waals surface area contributed by atoms with Crippen LogP contribution in [0.3, 0.4) is 0 Å². The molecule has 108 valence electrons. The van der Waals surface area contributed by atoms with Crippen molar-refractivity contribution in [2.45, 2.75) is 50.7 Å². The van der Waals surface area contributed by atoms with E-state index >= 15 is 0 Å². The molecule has 2 aliphatic rings. The smallest absolute Gasteiger partial charge is 0.303 e. The summed E-state index contributed by atoms with van der Waals surface area (Å²) in [5, 5.41) is 8.52. The maximum Gasteiger partial charge on any atom is 0.303 e. The van der Waals surface area contributed by atoms with Crippen molar-refractivity contribution in [1.82, 2.24) is 0 Å². The van der Waals surface area contributed by atoms with Crippen LogP contribution in [0.5, 0.6) is 0 Å². The summed E-state index contributed by atoms with van der Waals surface area (Å²) in [5.41, 5.74) is 0. The Morgan fingerprint density at radius 3 is 2.79 bits per heavy atom. The molecule has 2 bridgehead atoms. The SMILES string of the molecule is O=CC1C2CCC(O2)C1CCSCCCCC(=O)O. The fourth-order valence-corrected chi connectivity index (χ4v) is 4.23. The Morgan fingerprint density at radius 2 is 2.05 bits per heavy atom. The normalized spacial score (nSPS) is 32.6. The number of thioether (sulfide) groups is 1. The van der Waals surface area contributed by atoms with Crippen LogP contribution in [0.4, 0.5) is 0 Å². The van der Waals surface area contributed by atoms with Crippen molar-refractivity contribution in [3.8, 4) is 0 Å². The quantitative estimate of drug-likeness (QED) is 0.521. The Hall–Kier alpha value is -0.550. The van der Waals surface area contributed by atoms with E-state index < -0.39 is 5.97 Å². The Balaban J connectivity index is 1.56. The molecule has 0 aliphatic carbocycles. The maximum atomic E-state index is 11.1. The van der Waals surface area contributed by atoms with E-state index in [1.54, 1.807) is 0 Å². The first kappa shape index (κ1) is 14.9. The number of fused-ring (bicyclic) bond motifs is 2. The van der Waals surface area contributed by atoms with E-state index in [0.717, 1.165) is 49.9 Å². The van der Waals surface area contributed by atoms with Gasteiger partial charge < -0.3 is 14.6 Å². The first-order valence-electron chi connectivity index (χ1n) is 7.12. The molecule has 2 saturated heterocycles. The molecule has 4 nitrogen and oxygen atoms in total. The number of rotatable bonds is 9. The summed E-state index contributed by atoms with van der Waals surface area (Å²) in [4.78, 5) is 21.5. The van der Waals surface area contributed by atoms with Crippen LogP contribution < -0.4 is 0 Å². The fourth-order valence-electron chi connectivity index (χ4n) is 3.18. The molecule has 0 aromatic carbocycles. The lowest BCUT2D eigenvalue weighted by atomic mass is 9.79. The van der Waals surface area contributed by atoms with Crippen molar-refractivity contribution in [2.75, 3.05) is 11.5 Å². The van der Waals surface area contributed by atoms with Gasteiger partial charge in [-0.1, -0.05) is 0 Å². The Morgan fingerprint density at radius 1 is 1.26 bits per heavy atom. The summed E-state index contributed by atoms with van der Waals surface area (Å²) >= 11 is 1.87. The molecule has 4 unspecified atom stereocenters. The summed E-state index contributed by atoms with van der Waals surface area (Å²) in [6.07, 6.45) is 6.79. The minimum absolute atomic E-state index is 0.117. The van der Waals surface area contributed by atoms with Gasteiger partial charge in [-0.15, -0.1) is 0 Å². The monoisotopic (exact) mass is 286 g/mol. The molecular weight excluding hydrogens is 264 g/mol. The predicted molar refractivity (Wildman–Crippen MR) is 74.4 cm³/mol. The Kier molecular flexibility index (Phi) is 5.70. The van der Waals surface area contributed by atoms with Crippen molar-refractivity contribution in [2.24, 2.45) is 11.8 Å². The molecule has 0 spiro atoms. The largest absolute Gasteiger partial charge is 0.481 e. The number of ether oxygens (including phenoxy) is 1. The fraction of sp³-hybridized carbons (Fsp3) is 0.857. The molecule has 0 radical (unpaired) electrons. The number of carbonyl (C=O) groups excluding carboxylic acids is 1. The highest BCUT2D eigenvalue weighted by Crippen LogP contribution is 2.44. The lowest BCUT2D eigenvalue weighted by Gasteiger charge is -2.23. The highest BCUT2D eigenvalue weighted by molar-refractivity contribution is 7.99. The second-order valence-corrected chi connectivity index (χ2v) is 6.64. The van der Waals surface area contributed by atoms with E-state index in [0.29, 0.717) is 12.0 Å². The molecule has 19 heavy (non-hydrogen) atoms. The molecule has 4 atom stereocenters. The van der Waals surface area contributed by atoms with Crippen molar-refractivity contribution in [3.63, 3.8) is 0 Å². The molecule has 0 aromatic heterocycles. The molecule has 0 saturated carbocycles. The highest BCUT2D eigenvalue weighted by atomic mass is 32.2. The summed E-state index contributed by atoms with van der Waals surface area (Å²) in [5.74, 6) is 1.89. The van der Waals surface area contributed by atoms with E-state index in [1.165, 1.54) is 0 Å². The van der Waals surface area contributed by atoms with Crippen molar-refractivity contribution in [3.05, 3.63) is 0 Å². The number of carbonyl (C=O) groups is 2. The van der Waals surface area contributed by atoms with Crippen molar-refractivity contribution in [1.29, 1.82) is 0 Å². The third-order valence-electron chi connectivity index (χ3n) is 4.17. The summed E-state index contributed by atoms with van der Waals surface area (Å²) in [6, 6.07) is 0. The predicted octanol–water partition coefficient (Wildman–Crippen LogP) is 2.36. The highest BCUT2D eigenvalue weighted by Gasteiger charge is 2.48. The van der Waals surface area contributed by atoms with Crippen molar-refractivity contribution >= 4 is 24.0 Å². The van der Waals surface area contributed by atoms with Crippen LogP contribution in [0.15, 0.2) is 0 Å². The van der Waals surface area contributed by atoms with Gasteiger partial charge in [0.05, 0.1) is 12.2 Å². The Labute approximate surface area is 118 Å². The third kappa shape index (κ3) is 3.96. The number of unbranched alkanes of at least 4 members (excludes halogenated alkanes) is 1. The van der Waals surface area contributed by atoms with Gasteiger partial charge in [0.25, 0.3) is 0 Å². The minimum Gasteiger partial charge on any atom is -0.481 e. The molecule has 1 N–H and O–H groups in total. The van der Waals surface area contributed by atoms with Gasteiger partial charge in [0.1, 0.15) is 6.29 Å². The van der Waals surface area contributed by atoms with Crippen LogP contribution in [0.25, 0.3) is 0 Å². The topological polar surface area (TPSA) is 63.6 Å². The molecule has 0 amide bonds. The van der Waals surface area contributed by atoms with E-state index in [-0.39, 0.29) is 18.4 Å². The summed E-state index contributed by atoms with van der Waals surface area (Å²) < 4.78 is 5.80. The zero-order valence-electron chi connectivity index (χ0n) is 11.1. The Bertz CT molecular complexity index is 321. The van der Waals surface area contributed by atoms with Gasteiger partial charge in [-0.25, -0.2) is 0 Å². The molecule has 0 aromatic rings. The van der Waals surface area contributed by atoms with E-state index in [9.17, 15) is 9.59 Å². The summed E-state index contributed by atoms with van der Waals surface area (Å²) in [6.45, 7) is 0. The molecule has 2 rings (SSSR count). The maximum absolute atomic E-state index is 11.1. The second kappa shape index (κ2) is 7.29. The van der Waals surface area contributed by atoms with E-state index in [4.69, 9.17) is 9.84 Å². The molecule has 2 aliphatic heterocycles. The van der Waals surface area contributed by atoms with E-state index in [1.807, 2.05) is 11.8 Å². The number of hydrogen-bond donors (Lipinski definition) is 1. The number of aldehydes is 1. The van der Waals surface area contributed by atoms with Gasteiger partial charge in [0, 0.05) is 12.3 Å². The zero-order chi connectivity index (χ0) is 13.7. The standard InChI is InChI=1S/C14H22O4S/c15-9-11-10(12-4-5-13(11)18-12)6-8-19-7-2-1-3-14(16)17/h9-13H,1-8H2,(H,16,17). The lowest BCUT2D eigenvalue weighted by molar-refractivity contribution is -0.137. The van der Waals surface area contributed by atoms with Crippen LogP contribution >= 0.6 is 11.8 Å². The van der Waals surface area contributed by atoms with Crippen LogP contribution in [0, 0.1) is 11.8 Å². The number of carboxylic acid groups (broad SMARTS) is 1. The third-order valence-corrected chi connectivity index (χ3v) is 5.27. The van der Waals surface area contributed by atoms with Gasteiger partial charge in [-0.2, -0.15) is 11.8 Å². The first-order valence-corrected chi connectivity index (χ1v) is 8.28. The van der Waals surface area contributed by atoms with Gasteiger partial charge >= 0.3 is 5.97 Å². The van der Waals surface area contributed by atoms with Gasteiger partial charge in [0.2, 0.25) is 0 Å². The second-order valence-electron chi connectivity index (χ2n) is 5.42. The average molecular weight is 286 g/mol.